The van der Waals surface area contributed by atoms with Crippen molar-refractivity contribution in [3.8, 4) is 11.5 Å². The summed E-state index contributed by atoms with van der Waals surface area (Å²) in [5, 5.41) is 0. The van der Waals surface area contributed by atoms with Gasteiger partial charge in [-0.1, -0.05) is 6.07 Å². The Kier molecular flexibility index (Phi) is 4.22. The second-order valence-electron chi connectivity index (χ2n) is 6.02. The van der Waals surface area contributed by atoms with Crippen LogP contribution in [0.3, 0.4) is 0 Å². The molecule has 2 aromatic rings. The highest BCUT2D eigenvalue weighted by Crippen LogP contribution is 2.38. The average molecular weight is 392 g/mol. The average Bonchev–Trinajstić information content (AvgIpc) is 3.18. The van der Waals surface area contributed by atoms with Crippen molar-refractivity contribution in [2.24, 2.45) is 0 Å². The van der Waals surface area contributed by atoms with E-state index in [4.69, 9.17) is 13.9 Å². The Morgan fingerprint density at radius 2 is 1.92 bits per heavy atom. The molecule has 1 saturated heterocycles. The van der Waals surface area contributed by atoms with Crippen LogP contribution in [-0.2, 0) is 0 Å². The van der Waals surface area contributed by atoms with Gasteiger partial charge < -0.3 is 18.8 Å². The van der Waals surface area contributed by atoms with Crippen LogP contribution in [0.15, 0.2) is 39.4 Å². The maximum atomic E-state index is 12.7. The summed E-state index contributed by atoms with van der Waals surface area (Å²) < 4.78 is 17.5. The molecule has 2 aliphatic heterocycles. The molecular weight excluding hydrogens is 374 g/mol. The molecule has 0 N–H and O–H groups in total. The number of carbonyl (C=O) groups is 1. The number of nitrogens with zero attached hydrogens (tertiary/aromatic N) is 1. The zero-order valence-corrected chi connectivity index (χ0v) is 14.8. The lowest BCUT2D eigenvalue weighted by molar-refractivity contribution is 0.0701. The number of carbonyl (C=O) groups excluding carboxylic acids is 1. The first kappa shape index (κ1) is 15.6. The van der Waals surface area contributed by atoms with Gasteiger partial charge in [0.15, 0.2) is 21.9 Å². The zero-order chi connectivity index (χ0) is 16.5. The van der Waals surface area contributed by atoms with Crippen LogP contribution < -0.4 is 9.47 Å². The van der Waals surface area contributed by atoms with Crippen molar-refractivity contribution in [1.82, 2.24) is 4.90 Å². The molecule has 0 saturated carbocycles. The number of amides is 1. The summed E-state index contributed by atoms with van der Waals surface area (Å²) in [7, 11) is 0. The van der Waals surface area contributed by atoms with E-state index in [2.05, 4.69) is 15.9 Å². The number of furan rings is 1. The van der Waals surface area contributed by atoms with E-state index in [-0.39, 0.29) is 11.9 Å². The van der Waals surface area contributed by atoms with Gasteiger partial charge in [-0.2, -0.15) is 0 Å². The van der Waals surface area contributed by atoms with Gasteiger partial charge in [-0.25, -0.2) is 0 Å². The Bertz CT molecular complexity index is 757. The number of benzene rings is 1. The van der Waals surface area contributed by atoms with Gasteiger partial charge in [-0.15, -0.1) is 0 Å². The van der Waals surface area contributed by atoms with Crippen molar-refractivity contribution in [2.75, 3.05) is 19.8 Å². The largest absolute Gasteiger partial charge is 0.490 e. The maximum Gasteiger partial charge on any atom is 0.290 e. The first-order valence-electron chi connectivity index (χ1n) is 8.18. The van der Waals surface area contributed by atoms with Crippen molar-refractivity contribution in [3.63, 3.8) is 0 Å². The fourth-order valence-corrected chi connectivity index (χ4v) is 3.62. The van der Waals surface area contributed by atoms with Crippen molar-refractivity contribution < 1.29 is 18.7 Å². The minimum Gasteiger partial charge on any atom is -0.490 e. The van der Waals surface area contributed by atoms with Crippen LogP contribution in [-0.4, -0.2) is 30.6 Å². The minimum atomic E-state index is -0.0738. The zero-order valence-electron chi connectivity index (χ0n) is 13.2. The van der Waals surface area contributed by atoms with Gasteiger partial charge in [0.1, 0.15) is 0 Å². The quantitative estimate of drug-likeness (QED) is 0.770. The summed E-state index contributed by atoms with van der Waals surface area (Å²) >= 11 is 3.25. The number of hydrogen-bond acceptors (Lipinski definition) is 4. The molecule has 126 valence electrons. The molecule has 2 aliphatic rings. The Balaban J connectivity index is 1.61. The molecule has 1 aromatic carbocycles. The molecule has 0 spiro atoms. The first-order chi connectivity index (χ1) is 11.7. The fraction of sp³-hybridized carbons (Fsp3) is 0.389. The molecule has 3 heterocycles. The van der Waals surface area contributed by atoms with Crippen LogP contribution >= 0.6 is 15.9 Å². The van der Waals surface area contributed by atoms with Gasteiger partial charge >= 0.3 is 0 Å². The predicted molar refractivity (Wildman–Crippen MR) is 91.5 cm³/mol. The number of rotatable bonds is 2. The fourth-order valence-electron chi connectivity index (χ4n) is 3.31. The van der Waals surface area contributed by atoms with Crippen molar-refractivity contribution in [3.05, 3.63) is 46.3 Å². The Morgan fingerprint density at radius 1 is 1.08 bits per heavy atom. The Hall–Kier alpha value is -1.95. The molecule has 0 bridgehead atoms. The maximum absolute atomic E-state index is 12.7. The Labute approximate surface area is 148 Å². The SMILES string of the molecule is O=C(c1ccc(Br)o1)N1CCCC1c1ccc2c(c1)OCCCO2. The van der Waals surface area contributed by atoms with E-state index in [0.717, 1.165) is 42.9 Å². The summed E-state index contributed by atoms with van der Waals surface area (Å²) in [6.07, 6.45) is 2.80. The molecule has 4 rings (SSSR count). The normalized spacial score (nSPS) is 20.0. The highest BCUT2D eigenvalue weighted by molar-refractivity contribution is 9.10. The van der Waals surface area contributed by atoms with Gasteiger partial charge in [0.2, 0.25) is 0 Å². The van der Waals surface area contributed by atoms with Gasteiger partial charge in [0.25, 0.3) is 5.91 Å². The molecule has 24 heavy (non-hydrogen) atoms. The summed E-state index contributed by atoms with van der Waals surface area (Å²) in [6.45, 7) is 2.06. The second kappa shape index (κ2) is 6.51. The van der Waals surface area contributed by atoms with Crippen LogP contribution in [0.25, 0.3) is 0 Å². The number of fused-ring (bicyclic) bond motifs is 1. The standard InChI is InChI=1S/C18H18BrNO4/c19-17-7-6-15(24-17)18(21)20-8-1-3-13(20)12-4-5-14-16(11-12)23-10-2-9-22-14/h4-7,11,13H,1-3,8-10H2. The Morgan fingerprint density at radius 3 is 2.71 bits per heavy atom. The molecule has 5 nitrogen and oxygen atoms in total. The molecule has 1 unspecified atom stereocenters. The lowest BCUT2D eigenvalue weighted by Crippen LogP contribution is -2.30. The molecule has 0 aliphatic carbocycles. The number of hydrogen-bond donors (Lipinski definition) is 0. The first-order valence-corrected chi connectivity index (χ1v) is 8.97. The van der Waals surface area contributed by atoms with E-state index in [9.17, 15) is 4.79 Å². The molecule has 1 aromatic heterocycles. The summed E-state index contributed by atoms with van der Waals surface area (Å²) in [6, 6.07) is 9.47. The molecule has 1 atom stereocenters. The smallest absolute Gasteiger partial charge is 0.290 e. The van der Waals surface area contributed by atoms with Crippen LogP contribution in [0.2, 0.25) is 0 Å². The molecular formula is C18H18BrNO4. The van der Waals surface area contributed by atoms with Crippen molar-refractivity contribution >= 4 is 21.8 Å². The molecule has 1 fully saturated rings. The predicted octanol–water partition coefficient (Wildman–Crippen LogP) is 4.18. The van der Waals surface area contributed by atoms with E-state index in [1.165, 1.54) is 0 Å². The third-order valence-electron chi connectivity index (χ3n) is 4.45. The lowest BCUT2D eigenvalue weighted by Gasteiger charge is -2.24. The lowest BCUT2D eigenvalue weighted by atomic mass is 10.0. The monoisotopic (exact) mass is 391 g/mol. The van der Waals surface area contributed by atoms with E-state index in [1.807, 2.05) is 23.1 Å². The topological polar surface area (TPSA) is 51.9 Å². The summed E-state index contributed by atoms with van der Waals surface area (Å²) in [4.78, 5) is 14.6. The number of ether oxygens (including phenoxy) is 2. The second-order valence-corrected chi connectivity index (χ2v) is 6.80. The van der Waals surface area contributed by atoms with E-state index < -0.39 is 0 Å². The van der Waals surface area contributed by atoms with Gasteiger partial charge in [-0.3, -0.25) is 4.79 Å². The van der Waals surface area contributed by atoms with E-state index in [1.54, 1.807) is 12.1 Å². The molecule has 0 radical (unpaired) electrons. The van der Waals surface area contributed by atoms with Crippen molar-refractivity contribution in [1.29, 1.82) is 0 Å². The van der Waals surface area contributed by atoms with Crippen LogP contribution in [0.5, 0.6) is 11.5 Å². The van der Waals surface area contributed by atoms with Gasteiger partial charge in [0.05, 0.1) is 19.3 Å². The third-order valence-corrected chi connectivity index (χ3v) is 4.88. The van der Waals surface area contributed by atoms with Crippen molar-refractivity contribution in [2.45, 2.75) is 25.3 Å². The molecule has 6 heteroatoms. The number of likely N-dealkylation sites (tertiary alicyclic amines) is 1. The summed E-state index contributed by atoms with van der Waals surface area (Å²) in [5.74, 6) is 1.84. The van der Waals surface area contributed by atoms with Crippen LogP contribution in [0.4, 0.5) is 0 Å². The van der Waals surface area contributed by atoms with Gasteiger partial charge in [-0.05, 0) is 58.6 Å². The number of halogens is 1. The summed E-state index contributed by atoms with van der Waals surface area (Å²) in [5.41, 5.74) is 1.08. The molecule has 1 amide bonds. The minimum absolute atomic E-state index is 0.0403. The third kappa shape index (κ3) is 2.90. The van der Waals surface area contributed by atoms with E-state index >= 15 is 0 Å². The highest BCUT2D eigenvalue weighted by atomic mass is 79.9. The van der Waals surface area contributed by atoms with Crippen LogP contribution in [0, 0.1) is 0 Å². The highest BCUT2D eigenvalue weighted by Gasteiger charge is 2.32. The van der Waals surface area contributed by atoms with Crippen LogP contribution in [0.1, 0.15) is 41.4 Å². The van der Waals surface area contributed by atoms with Gasteiger partial charge in [0, 0.05) is 13.0 Å². The van der Waals surface area contributed by atoms with E-state index in [0.29, 0.717) is 23.6 Å².